The summed E-state index contributed by atoms with van der Waals surface area (Å²) in [5, 5.41) is 14.6. The Balaban J connectivity index is 1.95. The second-order valence-corrected chi connectivity index (χ2v) is 5.59. The molecule has 0 radical (unpaired) electrons. The lowest BCUT2D eigenvalue weighted by atomic mass is 10.1. The first-order valence-electron chi connectivity index (χ1n) is 6.56. The summed E-state index contributed by atoms with van der Waals surface area (Å²) in [6.07, 6.45) is 3.44. The molecule has 1 aromatic rings. The number of carboxylic acid groups (broad SMARTS) is 1. The minimum Gasteiger partial charge on any atom is -0.478 e. The van der Waals surface area contributed by atoms with Crippen LogP contribution in [0.15, 0.2) is 18.2 Å². The molecule has 0 aromatic heterocycles. The fraction of sp³-hybridized carbons (Fsp3) is 0.429. The number of anilines is 1. The molecule has 3 N–H and O–H groups in total. The molecule has 1 aliphatic carbocycles. The van der Waals surface area contributed by atoms with Crippen LogP contribution in [0.2, 0.25) is 5.02 Å². The van der Waals surface area contributed by atoms with Crippen LogP contribution in [0, 0.1) is 5.92 Å². The maximum absolute atomic E-state index is 11.8. The fourth-order valence-corrected chi connectivity index (χ4v) is 2.21. The molecule has 1 aromatic carbocycles. The Morgan fingerprint density at radius 3 is 2.75 bits per heavy atom. The molecule has 0 spiro atoms. The molecule has 1 saturated carbocycles. The average Bonchev–Trinajstić information content (AvgIpc) is 3.15. The van der Waals surface area contributed by atoms with Crippen LogP contribution in [-0.4, -0.2) is 23.1 Å². The molecule has 6 heteroatoms. The number of halogens is 1. The minimum atomic E-state index is -1.06. The van der Waals surface area contributed by atoms with Crippen molar-refractivity contribution in [3.63, 3.8) is 0 Å². The van der Waals surface area contributed by atoms with Gasteiger partial charge in [0.1, 0.15) is 0 Å². The predicted molar refractivity (Wildman–Crippen MR) is 77.4 cm³/mol. The molecule has 1 aliphatic rings. The number of rotatable bonds is 5. The van der Waals surface area contributed by atoms with Gasteiger partial charge in [-0.2, -0.15) is 0 Å². The van der Waals surface area contributed by atoms with Gasteiger partial charge in [-0.05, 0) is 37.5 Å². The lowest BCUT2D eigenvalue weighted by Gasteiger charge is -2.15. The maximum atomic E-state index is 11.8. The van der Waals surface area contributed by atoms with E-state index in [1.165, 1.54) is 31.0 Å². The summed E-state index contributed by atoms with van der Waals surface area (Å²) in [5.41, 5.74) is 0.374. The summed E-state index contributed by atoms with van der Waals surface area (Å²) < 4.78 is 0. The van der Waals surface area contributed by atoms with Crippen LogP contribution in [0.3, 0.4) is 0 Å². The van der Waals surface area contributed by atoms with Gasteiger partial charge >= 0.3 is 12.0 Å². The molecule has 108 valence electrons. The average molecular weight is 297 g/mol. The summed E-state index contributed by atoms with van der Waals surface area (Å²) in [6, 6.07) is 3.90. The van der Waals surface area contributed by atoms with Crippen LogP contribution in [0.25, 0.3) is 0 Å². The van der Waals surface area contributed by atoms with Crippen LogP contribution in [0.1, 0.15) is 36.5 Å². The van der Waals surface area contributed by atoms with E-state index in [0.29, 0.717) is 10.7 Å². The Labute approximate surface area is 122 Å². The lowest BCUT2D eigenvalue weighted by molar-refractivity contribution is 0.0697. The molecule has 0 bridgehead atoms. The molecule has 2 rings (SSSR count). The van der Waals surface area contributed by atoms with E-state index in [1.54, 1.807) is 0 Å². The van der Waals surface area contributed by atoms with Gasteiger partial charge in [0.15, 0.2) is 0 Å². The molecule has 0 heterocycles. The second-order valence-electron chi connectivity index (χ2n) is 5.18. The number of carbonyl (C=O) groups is 2. The van der Waals surface area contributed by atoms with Crippen molar-refractivity contribution in [2.45, 2.75) is 32.2 Å². The molecule has 2 amide bonds. The molecular weight excluding hydrogens is 280 g/mol. The third kappa shape index (κ3) is 4.13. The third-order valence-electron chi connectivity index (χ3n) is 3.22. The van der Waals surface area contributed by atoms with E-state index in [1.807, 2.05) is 6.92 Å². The molecule has 20 heavy (non-hydrogen) atoms. The van der Waals surface area contributed by atoms with Crippen LogP contribution >= 0.6 is 11.6 Å². The van der Waals surface area contributed by atoms with Crippen molar-refractivity contribution < 1.29 is 14.7 Å². The smallest absolute Gasteiger partial charge is 0.335 e. The zero-order valence-electron chi connectivity index (χ0n) is 11.1. The Morgan fingerprint density at radius 1 is 1.45 bits per heavy atom. The van der Waals surface area contributed by atoms with Gasteiger partial charge in [-0.1, -0.05) is 24.4 Å². The predicted octanol–water partition coefficient (Wildman–Crippen LogP) is 3.35. The molecule has 1 fully saturated rings. The van der Waals surface area contributed by atoms with Crippen LogP contribution in [0.5, 0.6) is 0 Å². The Kier molecular flexibility index (Phi) is 4.49. The van der Waals surface area contributed by atoms with Crippen LogP contribution in [-0.2, 0) is 0 Å². The number of benzene rings is 1. The standard InChI is InChI=1S/C14H17ClN2O3/c1-8(6-9-2-3-9)16-14(20)17-12-7-10(13(18)19)4-5-11(12)15/h4-5,7-9H,2-3,6H2,1H3,(H,18,19)(H2,16,17,20). The molecule has 0 aliphatic heterocycles. The number of aromatic carboxylic acids is 1. The number of nitrogens with one attached hydrogen (secondary N) is 2. The van der Waals surface area contributed by atoms with E-state index in [4.69, 9.17) is 16.7 Å². The van der Waals surface area contributed by atoms with E-state index in [0.717, 1.165) is 12.3 Å². The largest absolute Gasteiger partial charge is 0.478 e. The second kappa shape index (κ2) is 6.13. The highest BCUT2D eigenvalue weighted by Crippen LogP contribution is 2.33. The quantitative estimate of drug-likeness (QED) is 0.779. The lowest BCUT2D eigenvalue weighted by Crippen LogP contribution is -2.36. The highest BCUT2D eigenvalue weighted by molar-refractivity contribution is 6.33. The summed E-state index contributed by atoms with van der Waals surface area (Å²) in [5.74, 6) is -0.337. The van der Waals surface area contributed by atoms with Crippen LogP contribution in [0.4, 0.5) is 10.5 Å². The van der Waals surface area contributed by atoms with Crippen molar-refractivity contribution in [3.05, 3.63) is 28.8 Å². The van der Waals surface area contributed by atoms with Gasteiger partial charge in [0.2, 0.25) is 0 Å². The van der Waals surface area contributed by atoms with Gasteiger partial charge in [-0.15, -0.1) is 0 Å². The SMILES string of the molecule is CC(CC1CC1)NC(=O)Nc1cc(C(=O)O)ccc1Cl. The highest BCUT2D eigenvalue weighted by atomic mass is 35.5. The monoisotopic (exact) mass is 296 g/mol. The van der Waals surface area contributed by atoms with Crippen molar-refractivity contribution in [1.82, 2.24) is 5.32 Å². The minimum absolute atomic E-state index is 0.0794. The zero-order valence-corrected chi connectivity index (χ0v) is 11.9. The number of carboxylic acids is 1. The Morgan fingerprint density at radius 2 is 2.15 bits per heavy atom. The van der Waals surface area contributed by atoms with Gasteiger partial charge in [0.05, 0.1) is 16.3 Å². The fourth-order valence-electron chi connectivity index (χ4n) is 2.05. The van der Waals surface area contributed by atoms with E-state index in [9.17, 15) is 9.59 Å². The summed E-state index contributed by atoms with van der Waals surface area (Å²) in [4.78, 5) is 22.7. The number of hydrogen-bond acceptors (Lipinski definition) is 2. The van der Waals surface area contributed by atoms with Crippen LogP contribution < -0.4 is 10.6 Å². The molecule has 1 unspecified atom stereocenters. The van der Waals surface area contributed by atoms with Gasteiger partial charge in [0, 0.05) is 6.04 Å². The Hall–Kier alpha value is -1.75. The van der Waals surface area contributed by atoms with E-state index in [2.05, 4.69) is 10.6 Å². The van der Waals surface area contributed by atoms with Crippen molar-refractivity contribution in [3.8, 4) is 0 Å². The first-order chi connectivity index (χ1) is 9.45. The molecule has 5 nitrogen and oxygen atoms in total. The molecule has 0 saturated heterocycles. The Bertz CT molecular complexity index is 529. The number of urea groups is 1. The summed E-state index contributed by atoms with van der Waals surface area (Å²) >= 11 is 5.94. The van der Waals surface area contributed by atoms with Crippen molar-refractivity contribution in [2.75, 3.05) is 5.32 Å². The first kappa shape index (κ1) is 14.7. The van der Waals surface area contributed by atoms with Crippen molar-refractivity contribution in [2.24, 2.45) is 5.92 Å². The number of amides is 2. The van der Waals surface area contributed by atoms with Crippen molar-refractivity contribution in [1.29, 1.82) is 0 Å². The maximum Gasteiger partial charge on any atom is 0.335 e. The van der Waals surface area contributed by atoms with E-state index < -0.39 is 5.97 Å². The normalized spacial score (nSPS) is 15.5. The highest BCUT2D eigenvalue weighted by Gasteiger charge is 2.24. The molecular formula is C14H17ClN2O3. The molecule has 1 atom stereocenters. The van der Waals surface area contributed by atoms with Crippen molar-refractivity contribution >= 4 is 29.3 Å². The van der Waals surface area contributed by atoms with E-state index >= 15 is 0 Å². The van der Waals surface area contributed by atoms with Gasteiger partial charge in [-0.25, -0.2) is 9.59 Å². The van der Waals surface area contributed by atoms with Gasteiger partial charge in [-0.3, -0.25) is 0 Å². The topological polar surface area (TPSA) is 78.4 Å². The van der Waals surface area contributed by atoms with Gasteiger partial charge in [0.25, 0.3) is 0 Å². The van der Waals surface area contributed by atoms with E-state index in [-0.39, 0.29) is 17.6 Å². The first-order valence-corrected chi connectivity index (χ1v) is 6.94. The van der Waals surface area contributed by atoms with Gasteiger partial charge < -0.3 is 15.7 Å². The summed E-state index contributed by atoms with van der Waals surface area (Å²) in [6.45, 7) is 1.95. The number of hydrogen-bond donors (Lipinski definition) is 3. The third-order valence-corrected chi connectivity index (χ3v) is 3.55. The zero-order chi connectivity index (χ0) is 14.7. The summed E-state index contributed by atoms with van der Waals surface area (Å²) in [7, 11) is 0. The number of carbonyl (C=O) groups excluding carboxylic acids is 1.